The van der Waals surface area contributed by atoms with Crippen molar-refractivity contribution in [3.8, 4) is 6.07 Å². The van der Waals surface area contributed by atoms with Gasteiger partial charge in [0.05, 0.1) is 5.57 Å². The lowest BCUT2D eigenvalue weighted by atomic mass is 9.34. The lowest BCUT2D eigenvalue weighted by Crippen LogP contribution is -2.64. The van der Waals surface area contributed by atoms with Crippen LogP contribution >= 0.6 is 0 Å². The molecule has 0 bridgehead atoms. The molecule has 5 aliphatic rings. The van der Waals surface area contributed by atoms with Crippen molar-refractivity contribution >= 4 is 17.5 Å². The topological polar surface area (TPSA) is 140 Å². The molecule has 1 heterocycles. The number of carbonyl (C=O) groups is 3. The van der Waals surface area contributed by atoms with Crippen LogP contribution in [0.5, 0.6) is 0 Å². The second-order valence-electron chi connectivity index (χ2n) is 14.8. The monoisotopic (exact) mass is 574 g/mol. The van der Waals surface area contributed by atoms with Gasteiger partial charge in [0.25, 0.3) is 0 Å². The summed E-state index contributed by atoms with van der Waals surface area (Å²) in [5.41, 5.74) is 4.97. The van der Waals surface area contributed by atoms with E-state index >= 15 is 0 Å². The number of rotatable bonds is 2. The number of aromatic nitrogens is 2. The van der Waals surface area contributed by atoms with E-state index in [9.17, 15) is 19.6 Å². The van der Waals surface area contributed by atoms with E-state index in [4.69, 9.17) is 10.2 Å². The summed E-state index contributed by atoms with van der Waals surface area (Å²) in [6.07, 6.45) is 10.2. The summed E-state index contributed by atoms with van der Waals surface area (Å²) in [6, 6.07) is 2.17. The molecule has 3 fully saturated rings. The molecule has 3 saturated carbocycles. The predicted molar refractivity (Wildman–Crippen MR) is 158 cm³/mol. The summed E-state index contributed by atoms with van der Waals surface area (Å²) in [7, 11) is 0. The smallest absolute Gasteiger partial charge is 0.306 e. The second-order valence-corrected chi connectivity index (χ2v) is 14.8. The maximum absolute atomic E-state index is 14.4. The van der Waals surface area contributed by atoms with E-state index in [1.54, 1.807) is 0 Å². The van der Waals surface area contributed by atoms with E-state index in [2.05, 4.69) is 44.0 Å². The molecule has 8 atom stereocenters. The summed E-state index contributed by atoms with van der Waals surface area (Å²) in [4.78, 5) is 39.2. The molecule has 1 aromatic rings. The number of hydrogen-bond donors (Lipinski definition) is 1. The number of nitriles is 1. The van der Waals surface area contributed by atoms with Crippen LogP contribution in [0.3, 0.4) is 0 Å². The number of amides is 1. The van der Waals surface area contributed by atoms with E-state index in [0.717, 1.165) is 50.5 Å². The van der Waals surface area contributed by atoms with Gasteiger partial charge < -0.3 is 10.2 Å². The number of Topliss-reactive ketones (excluding diaryl/α,β-unsaturated/α-hetero) is 1. The molecule has 1 amide bonds. The quantitative estimate of drug-likeness (QED) is 0.425. The Bertz CT molecular complexity index is 1450. The largest absolute Gasteiger partial charge is 0.417 e. The molecular formula is C34H46N4O4. The van der Waals surface area contributed by atoms with Crippen LogP contribution in [0.1, 0.15) is 123 Å². The van der Waals surface area contributed by atoms with E-state index < -0.39 is 16.7 Å². The molecule has 8 nitrogen and oxygen atoms in total. The Balaban J connectivity index is 0.00000173. The Labute approximate surface area is 249 Å². The van der Waals surface area contributed by atoms with Crippen molar-refractivity contribution in [1.82, 2.24) is 10.2 Å². The van der Waals surface area contributed by atoms with Gasteiger partial charge in [-0.2, -0.15) is 5.26 Å². The average molecular weight is 575 g/mol. The first kappa shape index (κ1) is 30.4. The third-order valence-corrected chi connectivity index (χ3v) is 12.8. The second kappa shape index (κ2) is 9.72. The summed E-state index contributed by atoms with van der Waals surface area (Å²) < 4.78 is 5.66. The van der Waals surface area contributed by atoms with E-state index in [-0.39, 0.29) is 62.9 Å². The number of primary amides is 1. The highest BCUT2D eigenvalue weighted by Gasteiger charge is 2.69. The fourth-order valence-corrected chi connectivity index (χ4v) is 10.3. The van der Waals surface area contributed by atoms with Gasteiger partial charge in [0, 0.05) is 22.7 Å². The lowest BCUT2D eigenvalue weighted by molar-refractivity contribution is -0.163. The van der Waals surface area contributed by atoms with Crippen molar-refractivity contribution in [3.63, 3.8) is 0 Å². The van der Waals surface area contributed by atoms with Crippen LogP contribution in [0, 0.1) is 56.2 Å². The van der Waals surface area contributed by atoms with Gasteiger partial charge in [-0.1, -0.05) is 67.0 Å². The van der Waals surface area contributed by atoms with Crippen molar-refractivity contribution in [1.29, 1.82) is 5.26 Å². The molecule has 1 aromatic heterocycles. The molecule has 0 aromatic carbocycles. The summed E-state index contributed by atoms with van der Waals surface area (Å²) >= 11 is 0. The summed E-state index contributed by atoms with van der Waals surface area (Å²) in [5, 5.41) is 17.9. The van der Waals surface area contributed by atoms with Gasteiger partial charge in [-0.05, 0) is 79.1 Å². The highest BCUT2D eigenvalue weighted by Crippen LogP contribution is 2.74. The van der Waals surface area contributed by atoms with Crippen LogP contribution < -0.4 is 5.73 Å². The fraction of sp³-hybridized carbons (Fsp3) is 0.706. The van der Waals surface area contributed by atoms with Crippen LogP contribution in [0.4, 0.5) is 0 Å². The molecule has 0 saturated heterocycles. The highest BCUT2D eigenvalue weighted by molar-refractivity contribution is 6.04. The SMILES string of the molecule is CC.CC12CCC(c3nnc(C(N)=O)o3)CC1C1C(=O)C=C3C4(C)C=C(C#N)C(=O)C(C)(C)C4CCC3(C)[C@]1(C)CC2. The number of hydrogen-bond acceptors (Lipinski definition) is 7. The zero-order valence-electron chi connectivity index (χ0n) is 26.5. The normalized spacial score (nSPS) is 41.8. The molecule has 0 aliphatic heterocycles. The number of nitrogens with two attached hydrogens (primary N) is 1. The van der Waals surface area contributed by atoms with Crippen LogP contribution in [0.25, 0.3) is 0 Å². The third-order valence-electron chi connectivity index (χ3n) is 12.8. The van der Waals surface area contributed by atoms with Crippen molar-refractivity contribution in [3.05, 3.63) is 35.1 Å². The maximum Gasteiger partial charge on any atom is 0.306 e. The van der Waals surface area contributed by atoms with Gasteiger partial charge in [-0.25, -0.2) is 0 Å². The number of fused-ring (bicyclic) bond motifs is 7. The maximum atomic E-state index is 14.4. The number of carbonyl (C=O) groups excluding carboxylic acids is 3. The molecule has 7 unspecified atom stereocenters. The Hall–Kier alpha value is -3.08. The Morgan fingerprint density at radius 2 is 1.71 bits per heavy atom. The van der Waals surface area contributed by atoms with Gasteiger partial charge in [0.1, 0.15) is 6.07 Å². The molecule has 8 heteroatoms. The third kappa shape index (κ3) is 3.87. The minimum absolute atomic E-state index is 0.0217. The molecular weight excluding hydrogens is 528 g/mol. The van der Waals surface area contributed by atoms with Gasteiger partial charge in [-0.3, -0.25) is 14.4 Å². The van der Waals surface area contributed by atoms with Crippen molar-refractivity contribution in [2.45, 2.75) is 106 Å². The standard InChI is InChI=1S/C32H40N4O4.C2H6/c1-28(2)21-8-10-31(5)22(30(21,4)15-18(16-33)24(28)38)14-20(37)23-19-13-17(26-35-36-27(40-26)25(34)39)7-9-29(19,3)11-12-32(23,31)6;1-2/h14-15,17,19,21,23H,7-13H2,1-6H3,(H2,34,39);1-2H3/t17?,19?,21?,23?,29?,30?,31?,32-;/m1./s1. The van der Waals surface area contributed by atoms with Crippen LogP contribution in [0.2, 0.25) is 0 Å². The van der Waals surface area contributed by atoms with Crippen molar-refractivity contribution in [2.24, 2.45) is 50.6 Å². The van der Waals surface area contributed by atoms with Crippen LogP contribution in [-0.4, -0.2) is 27.7 Å². The zero-order valence-corrected chi connectivity index (χ0v) is 26.5. The number of ketones is 2. The van der Waals surface area contributed by atoms with Crippen molar-refractivity contribution in [2.75, 3.05) is 0 Å². The minimum atomic E-state index is -0.733. The highest BCUT2D eigenvalue weighted by atomic mass is 16.4. The predicted octanol–water partition coefficient (Wildman–Crippen LogP) is 6.49. The first-order valence-corrected chi connectivity index (χ1v) is 15.7. The number of nitrogens with zero attached hydrogens (tertiary/aromatic N) is 3. The van der Waals surface area contributed by atoms with Gasteiger partial charge >= 0.3 is 11.8 Å². The first-order valence-electron chi connectivity index (χ1n) is 15.7. The molecule has 0 spiro atoms. The zero-order chi connectivity index (χ0) is 31.0. The first-order chi connectivity index (χ1) is 19.6. The van der Waals surface area contributed by atoms with E-state index in [1.807, 2.05) is 39.8 Å². The van der Waals surface area contributed by atoms with E-state index in [1.165, 1.54) is 0 Å². The minimum Gasteiger partial charge on any atom is -0.417 e. The lowest BCUT2D eigenvalue weighted by Gasteiger charge is -2.68. The summed E-state index contributed by atoms with van der Waals surface area (Å²) in [6.45, 7) is 17.1. The molecule has 6 rings (SSSR count). The molecule has 5 aliphatic carbocycles. The Kier molecular flexibility index (Phi) is 7.03. The number of allylic oxidation sites excluding steroid dienone is 4. The fourth-order valence-electron chi connectivity index (χ4n) is 10.3. The van der Waals surface area contributed by atoms with Crippen molar-refractivity contribution < 1.29 is 18.8 Å². The Morgan fingerprint density at radius 1 is 1.02 bits per heavy atom. The van der Waals surface area contributed by atoms with E-state index in [0.29, 0.717) is 5.89 Å². The average Bonchev–Trinajstić information content (AvgIpc) is 3.44. The van der Waals surface area contributed by atoms with Gasteiger partial charge in [0.15, 0.2) is 11.6 Å². The molecule has 42 heavy (non-hydrogen) atoms. The van der Waals surface area contributed by atoms with Gasteiger partial charge in [0.2, 0.25) is 5.89 Å². The Morgan fingerprint density at radius 3 is 2.33 bits per heavy atom. The van der Waals surface area contributed by atoms with Crippen LogP contribution in [-0.2, 0) is 9.59 Å². The molecule has 2 N–H and O–H groups in total. The molecule has 0 radical (unpaired) electrons. The molecule has 226 valence electrons. The van der Waals surface area contributed by atoms with Gasteiger partial charge in [-0.15, -0.1) is 10.2 Å². The van der Waals surface area contributed by atoms with Crippen LogP contribution in [0.15, 0.2) is 27.7 Å². The summed E-state index contributed by atoms with van der Waals surface area (Å²) in [5.74, 6) is -0.403.